The van der Waals surface area contributed by atoms with Crippen LogP contribution in [-0.2, 0) is 4.79 Å². The number of amides is 1. The SMILES string of the molecule is Cc1ccc(-c2oc3ccc(Cl)cc3c(=O)c2OC(C)C(=O)Nc2ccccc2C)cc1. The first-order valence-corrected chi connectivity index (χ1v) is 10.6. The number of carbonyl (C=O) groups excluding carboxylic acids is 1. The van der Waals surface area contributed by atoms with Crippen LogP contribution < -0.4 is 15.5 Å². The normalized spacial score (nSPS) is 11.9. The quantitative estimate of drug-likeness (QED) is 0.399. The molecule has 4 rings (SSSR count). The molecule has 0 bridgehead atoms. The van der Waals surface area contributed by atoms with E-state index in [0.29, 0.717) is 21.9 Å². The average molecular weight is 448 g/mol. The predicted molar refractivity (Wildman–Crippen MR) is 128 cm³/mol. The summed E-state index contributed by atoms with van der Waals surface area (Å²) in [5.41, 5.74) is 3.35. The van der Waals surface area contributed by atoms with Crippen molar-refractivity contribution in [3.8, 4) is 17.1 Å². The van der Waals surface area contributed by atoms with Crippen molar-refractivity contribution >= 4 is 34.2 Å². The molecule has 0 saturated heterocycles. The Morgan fingerprint density at radius 2 is 1.75 bits per heavy atom. The van der Waals surface area contributed by atoms with E-state index >= 15 is 0 Å². The highest BCUT2D eigenvalue weighted by atomic mass is 35.5. The summed E-state index contributed by atoms with van der Waals surface area (Å²) < 4.78 is 12.0. The summed E-state index contributed by atoms with van der Waals surface area (Å²) in [5.74, 6) is -0.142. The highest BCUT2D eigenvalue weighted by Crippen LogP contribution is 2.32. The van der Waals surface area contributed by atoms with Gasteiger partial charge in [-0.3, -0.25) is 9.59 Å². The van der Waals surface area contributed by atoms with E-state index in [1.165, 1.54) is 6.07 Å². The van der Waals surface area contributed by atoms with Crippen LogP contribution in [0.1, 0.15) is 18.1 Å². The van der Waals surface area contributed by atoms with Crippen LogP contribution in [0.15, 0.2) is 75.9 Å². The van der Waals surface area contributed by atoms with Gasteiger partial charge in [0.1, 0.15) is 5.58 Å². The topological polar surface area (TPSA) is 68.5 Å². The third kappa shape index (κ3) is 4.39. The third-order valence-electron chi connectivity index (χ3n) is 5.19. The molecule has 6 heteroatoms. The van der Waals surface area contributed by atoms with Crippen molar-refractivity contribution in [2.45, 2.75) is 26.9 Å². The van der Waals surface area contributed by atoms with E-state index in [2.05, 4.69) is 5.32 Å². The fraction of sp³-hybridized carbons (Fsp3) is 0.154. The molecule has 0 aliphatic rings. The first kappa shape index (κ1) is 21.7. The Balaban J connectivity index is 1.76. The van der Waals surface area contributed by atoms with Crippen molar-refractivity contribution in [1.29, 1.82) is 0 Å². The monoisotopic (exact) mass is 447 g/mol. The fourth-order valence-electron chi connectivity index (χ4n) is 3.33. The van der Waals surface area contributed by atoms with Crippen molar-refractivity contribution in [2.24, 2.45) is 0 Å². The number of aryl methyl sites for hydroxylation is 2. The number of hydrogen-bond acceptors (Lipinski definition) is 4. The van der Waals surface area contributed by atoms with Gasteiger partial charge in [0, 0.05) is 16.3 Å². The van der Waals surface area contributed by atoms with Crippen molar-refractivity contribution in [2.75, 3.05) is 5.32 Å². The van der Waals surface area contributed by atoms with E-state index in [1.807, 2.05) is 62.4 Å². The molecule has 0 fully saturated rings. The summed E-state index contributed by atoms with van der Waals surface area (Å²) in [6.07, 6.45) is -0.946. The fourth-order valence-corrected chi connectivity index (χ4v) is 3.50. The molecule has 0 saturated carbocycles. The number of para-hydroxylation sites is 1. The molecular weight excluding hydrogens is 426 g/mol. The molecule has 32 heavy (non-hydrogen) atoms. The minimum atomic E-state index is -0.946. The van der Waals surface area contributed by atoms with Crippen LogP contribution in [0.5, 0.6) is 5.75 Å². The van der Waals surface area contributed by atoms with Gasteiger partial charge in [0.2, 0.25) is 11.2 Å². The molecule has 0 spiro atoms. The Kier molecular flexibility index (Phi) is 6.01. The Hall–Kier alpha value is -3.57. The molecule has 0 aliphatic carbocycles. The highest BCUT2D eigenvalue weighted by molar-refractivity contribution is 6.31. The van der Waals surface area contributed by atoms with Crippen LogP contribution in [0.3, 0.4) is 0 Å². The van der Waals surface area contributed by atoms with Gasteiger partial charge in [-0.25, -0.2) is 0 Å². The van der Waals surface area contributed by atoms with Crippen molar-refractivity contribution < 1.29 is 13.9 Å². The molecular formula is C26H22ClNO4. The molecule has 1 N–H and O–H groups in total. The lowest BCUT2D eigenvalue weighted by atomic mass is 10.1. The molecule has 1 amide bonds. The number of halogens is 1. The van der Waals surface area contributed by atoms with Gasteiger partial charge in [0.25, 0.3) is 5.91 Å². The molecule has 1 unspecified atom stereocenters. The molecule has 3 aromatic carbocycles. The summed E-state index contributed by atoms with van der Waals surface area (Å²) in [7, 11) is 0. The molecule has 1 aromatic heterocycles. The Morgan fingerprint density at radius 3 is 2.47 bits per heavy atom. The molecule has 5 nitrogen and oxygen atoms in total. The van der Waals surface area contributed by atoms with Gasteiger partial charge >= 0.3 is 0 Å². The average Bonchev–Trinajstić information content (AvgIpc) is 2.78. The molecule has 162 valence electrons. The minimum absolute atomic E-state index is 0.0314. The van der Waals surface area contributed by atoms with Crippen molar-refractivity contribution in [3.63, 3.8) is 0 Å². The smallest absolute Gasteiger partial charge is 0.265 e. The molecule has 4 aromatic rings. The predicted octanol–water partition coefficient (Wildman–Crippen LogP) is 6.14. The maximum Gasteiger partial charge on any atom is 0.265 e. The zero-order chi connectivity index (χ0) is 22.8. The second-order valence-corrected chi connectivity index (χ2v) is 8.10. The number of rotatable bonds is 5. The van der Waals surface area contributed by atoms with Gasteiger partial charge in [-0.1, -0.05) is 59.6 Å². The summed E-state index contributed by atoms with van der Waals surface area (Å²) in [5, 5.41) is 3.54. The van der Waals surface area contributed by atoms with Gasteiger partial charge in [-0.2, -0.15) is 0 Å². The zero-order valence-corrected chi connectivity index (χ0v) is 18.7. The molecule has 1 heterocycles. The van der Waals surface area contributed by atoms with E-state index < -0.39 is 6.10 Å². The van der Waals surface area contributed by atoms with Gasteiger partial charge in [-0.05, 0) is 50.6 Å². The molecule has 0 radical (unpaired) electrons. The van der Waals surface area contributed by atoms with Crippen molar-refractivity contribution in [3.05, 3.63) is 93.1 Å². The van der Waals surface area contributed by atoms with Gasteiger partial charge < -0.3 is 14.5 Å². The van der Waals surface area contributed by atoms with E-state index in [4.69, 9.17) is 20.8 Å². The van der Waals surface area contributed by atoms with Crippen LogP contribution in [0, 0.1) is 13.8 Å². The first-order valence-electron chi connectivity index (χ1n) is 10.2. The van der Waals surface area contributed by atoms with E-state index in [0.717, 1.165) is 11.1 Å². The van der Waals surface area contributed by atoms with Crippen LogP contribution in [-0.4, -0.2) is 12.0 Å². The number of fused-ring (bicyclic) bond motifs is 1. The summed E-state index contributed by atoms with van der Waals surface area (Å²) >= 11 is 6.09. The van der Waals surface area contributed by atoms with E-state index in [1.54, 1.807) is 19.1 Å². The Bertz CT molecular complexity index is 1360. The second kappa shape index (κ2) is 8.89. The van der Waals surface area contributed by atoms with Crippen LogP contribution >= 0.6 is 11.6 Å². The first-order chi connectivity index (χ1) is 15.3. The summed E-state index contributed by atoms with van der Waals surface area (Å²) in [4.78, 5) is 26.1. The largest absolute Gasteiger partial charge is 0.473 e. The van der Waals surface area contributed by atoms with Crippen LogP contribution in [0.25, 0.3) is 22.3 Å². The number of ether oxygens (including phenoxy) is 1. The lowest BCUT2D eigenvalue weighted by Gasteiger charge is -2.17. The number of nitrogens with one attached hydrogen (secondary N) is 1. The summed E-state index contributed by atoms with van der Waals surface area (Å²) in [6.45, 7) is 5.46. The van der Waals surface area contributed by atoms with Gasteiger partial charge in [0.15, 0.2) is 11.9 Å². The highest BCUT2D eigenvalue weighted by Gasteiger charge is 2.23. The van der Waals surface area contributed by atoms with Gasteiger partial charge in [-0.15, -0.1) is 0 Å². The maximum atomic E-state index is 13.3. The van der Waals surface area contributed by atoms with Crippen LogP contribution in [0.2, 0.25) is 5.02 Å². The maximum absolute atomic E-state index is 13.3. The lowest BCUT2D eigenvalue weighted by Crippen LogP contribution is -2.32. The lowest BCUT2D eigenvalue weighted by molar-refractivity contribution is -0.122. The number of benzene rings is 3. The van der Waals surface area contributed by atoms with E-state index in [-0.39, 0.29) is 28.2 Å². The van der Waals surface area contributed by atoms with Crippen molar-refractivity contribution in [1.82, 2.24) is 0 Å². The molecule has 1 atom stereocenters. The Morgan fingerprint density at radius 1 is 1.03 bits per heavy atom. The second-order valence-electron chi connectivity index (χ2n) is 7.66. The summed E-state index contributed by atoms with van der Waals surface area (Å²) in [6, 6.07) is 19.8. The number of anilines is 1. The number of carbonyl (C=O) groups is 1. The van der Waals surface area contributed by atoms with Gasteiger partial charge in [0.05, 0.1) is 5.39 Å². The molecule has 0 aliphatic heterocycles. The Labute approximate surface area is 190 Å². The standard InChI is InChI=1S/C26H22ClNO4/c1-15-8-10-18(11-9-15)24-25(23(29)20-14-19(27)12-13-22(20)32-24)31-17(3)26(30)28-21-7-5-4-6-16(21)2/h4-14,17H,1-3H3,(H,28,30). The van der Waals surface area contributed by atoms with E-state index in [9.17, 15) is 9.59 Å². The minimum Gasteiger partial charge on any atom is -0.473 e. The number of hydrogen-bond donors (Lipinski definition) is 1. The third-order valence-corrected chi connectivity index (χ3v) is 5.43. The van der Waals surface area contributed by atoms with Crippen LogP contribution in [0.4, 0.5) is 5.69 Å². The zero-order valence-electron chi connectivity index (χ0n) is 17.9.